The molecule has 0 unspecified atom stereocenters. The average Bonchev–Trinajstić information content (AvgIpc) is 2.09. The van der Waals surface area contributed by atoms with Crippen LogP contribution in [-0.2, 0) is 9.84 Å². The van der Waals surface area contributed by atoms with Crippen molar-refractivity contribution in [1.29, 1.82) is 0 Å². The Kier molecular flexibility index (Phi) is 3.34. The Labute approximate surface area is 86.6 Å². The molecule has 0 saturated heterocycles. The molecule has 0 bridgehead atoms. The van der Waals surface area contributed by atoms with Crippen molar-refractivity contribution in [3.05, 3.63) is 23.2 Å². The van der Waals surface area contributed by atoms with E-state index in [-0.39, 0.29) is 15.6 Å². The molecule has 0 saturated carbocycles. The maximum Gasteiger partial charge on any atom is 0.183 e. The molecule has 3 nitrogen and oxygen atoms in total. The molecule has 0 amide bonds. The highest BCUT2D eigenvalue weighted by Gasteiger charge is 2.17. The van der Waals surface area contributed by atoms with E-state index in [0.717, 1.165) is 0 Å². The molecule has 0 fully saturated rings. The lowest BCUT2D eigenvalue weighted by Gasteiger charge is -2.05. The number of anilines is 1. The van der Waals surface area contributed by atoms with Gasteiger partial charge in [-0.05, 0) is 18.2 Å². The number of benzene rings is 1. The Morgan fingerprint density at radius 2 is 2.07 bits per heavy atom. The zero-order valence-electron chi connectivity index (χ0n) is 7.20. The number of alkyl halides is 1. The second kappa shape index (κ2) is 4.14. The van der Waals surface area contributed by atoms with E-state index >= 15 is 0 Å². The second-order valence-corrected chi connectivity index (χ2v) is 5.20. The van der Waals surface area contributed by atoms with Gasteiger partial charge in [0.25, 0.3) is 0 Å². The van der Waals surface area contributed by atoms with E-state index in [2.05, 4.69) is 0 Å². The number of hydrogen-bond acceptors (Lipinski definition) is 3. The van der Waals surface area contributed by atoms with Crippen molar-refractivity contribution in [2.75, 3.05) is 18.2 Å². The quantitative estimate of drug-likeness (QED) is 0.814. The maximum atomic E-state index is 12.0. The normalized spacial score (nSPS) is 11.6. The number of rotatable bonds is 3. The Bertz CT molecular complexity index is 433. The summed E-state index contributed by atoms with van der Waals surface area (Å²) < 4.78 is 34.8. The van der Waals surface area contributed by atoms with Crippen LogP contribution in [0.5, 0.6) is 0 Å². The maximum absolute atomic E-state index is 12.0. The monoisotopic (exact) mass is 237 g/mol. The van der Waals surface area contributed by atoms with Crippen molar-refractivity contribution in [1.82, 2.24) is 0 Å². The van der Waals surface area contributed by atoms with Gasteiger partial charge in [0.05, 0.1) is 16.3 Å². The first kappa shape index (κ1) is 11.3. The summed E-state index contributed by atoms with van der Waals surface area (Å²) in [5.41, 5.74) is 5.53. The fourth-order valence-electron chi connectivity index (χ4n) is 0.989. The summed E-state index contributed by atoms with van der Waals surface area (Å²) in [5, 5.41) is 0.261. The smallest absolute Gasteiger partial charge is 0.183 e. The van der Waals surface area contributed by atoms with Crippen molar-refractivity contribution < 1.29 is 12.8 Å². The van der Waals surface area contributed by atoms with Crippen LogP contribution in [0.3, 0.4) is 0 Å². The van der Waals surface area contributed by atoms with E-state index in [1.165, 1.54) is 18.2 Å². The molecule has 1 rings (SSSR count). The third kappa shape index (κ3) is 2.36. The topological polar surface area (TPSA) is 60.2 Å². The minimum atomic E-state index is -3.65. The lowest BCUT2D eigenvalue weighted by atomic mass is 10.3. The predicted molar refractivity (Wildman–Crippen MR) is 53.9 cm³/mol. The van der Waals surface area contributed by atoms with E-state index in [9.17, 15) is 12.8 Å². The van der Waals surface area contributed by atoms with E-state index in [0.29, 0.717) is 0 Å². The Morgan fingerprint density at radius 3 is 2.64 bits per heavy atom. The molecule has 1 aromatic carbocycles. The summed E-state index contributed by atoms with van der Waals surface area (Å²) in [4.78, 5) is -0.109. The third-order valence-electron chi connectivity index (χ3n) is 1.66. The molecule has 0 aliphatic heterocycles. The Morgan fingerprint density at radius 1 is 1.43 bits per heavy atom. The van der Waals surface area contributed by atoms with Gasteiger partial charge in [0.15, 0.2) is 9.84 Å². The molecular formula is C8H9ClFNO2S. The van der Waals surface area contributed by atoms with Gasteiger partial charge in [-0.25, -0.2) is 12.8 Å². The lowest BCUT2D eigenvalue weighted by Crippen LogP contribution is -2.10. The first-order valence-corrected chi connectivity index (χ1v) is 5.84. The molecule has 0 spiro atoms. The number of hydrogen-bond donors (Lipinski definition) is 1. The van der Waals surface area contributed by atoms with Crippen LogP contribution in [-0.4, -0.2) is 20.8 Å². The minimum Gasteiger partial charge on any atom is -0.398 e. The highest BCUT2D eigenvalue weighted by molar-refractivity contribution is 7.91. The standard InChI is InChI=1S/C8H9ClFNO2S/c9-6-1-2-7(11)8(5-6)14(12,13)4-3-10/h1-2,5H,3-4,11H2. The van der Waals surface area contributed by atoms with Crippen molar-refractivity contribution in [2.45, 2.75) is 4.90 Å². The van der Waals surface area contributed by atoms with E-state index in [1.54, 1.807) is 0 Å². The van der Waals surface area contributed by atoms with Crippen molar-refractivity contribution in [2.24, 2.45) is 0 Å². The van der Waals surface area contributed by atoms with Gasteiger partial charge in [-0.1, -0.05) is 11.6 Å². The number of nitrogen functional groups attached to an aromatic ring is 1. The summed E-state index contributed by atoms with van der Waals surface area (Å²) in [6, 6.07) is 4.08. The van der Waals surface area contributed by atoms with Crippen LogP contribution in [0.15, 0.2) is 23.1 Å². The Balaban J connectivity index is 3.25. The molecule has 0 atom stereocenters. The van der Waals surface area contributed by atoms with Crippen LogP contribution >= 0.6 is 11.6 Å². The zero-order valence-corrected chi connectivity index (χ0v) is 8.78. The van der Waals surface area contributed by atoms with Gasteiger partial charge in [-0.2, -0.15) is 0 Å². The van der Waals surface area contributed by atoms with Gasteiger partial charge in [0.1, 0.15) is 6.67 Å². The van der Waals surface area contributed by atoms with Crippen molar-refractivity contribution >= 4 is 27.1 Å². The van der Waals surface area contributed by atoms with Crippen LogP contribution in [0.2, 0.25) is 5.02 Å². The van der Waals surface area contributed by atoms with Gasteiger partial charge in [-0.15, -0.1) is 0 Å². The summed E-state index contributed by atoms with van der Waals surface area (Å²) in [7, 11) is -3.65. The SMILES string of the molecule is Nc1ccc(Cl)cc1S(=O)(=O)CCF. The van der Waals surface area contributed by atoms with Gasteiger partial charge in [-0.3, -0.25) is 0 Å². The summed E-state index contributed by atoms with van der Waals surface area (Å²) in [6.45, 7) is -0.936. The fraction of sp³-hybridized carbons (Fsp3) is 0.250. The zero-order chi connectivity index (χ0) is 10.8. The fourth-order valence-corrected chi connectivity index (χ4v) is 2.38. The first-order valence-electron chi connectivity index (χ1n) is 3.81. The van der Waals surface area contributed by atoms with Crippen LogP contribution < -0.4 is 5.73 Å². The lowest BCUT2D eigenvalue weighted by molar-refractivity contribution is 0.517. The molecule has 0 radical (unpaired) electrons. The molecule has 2 N–H and O–H groups in total. The number of nitrogens with two attached hydrogens (primary N) is 1. The van der Waals surface area contributed by atoms with Gasteiger partial charge >= 0.3 is 0 Å². The number of sulfone groups is 1. The van der Waals surface area contributed by atoms with Crippen LogP contribution in [0.1, 0.15) is 0 Å². The van der Waals surface area contributed by atoms with Crippen molar-refractivity contribution in [3.8, 4) is 0 Å². The minimum absolute atomic E-state index is 0.0860. The first-order chi connectivity index (χ1) is 6.47. The largest absolute Gasteiger partial charge is 0.398 e. The number of halogens is 2. The highest BCUT2D eigenvalue weighted by Crippen LogP contribution is 2.23. The summed E-state index contributed by atoms with van der Waals surface area (Å²) >= 11 is 5.61. The Hall–Kier alpha value is -0.810. The van der Waals surface area contributed by atoms with Crippen LogP contribution in [0.25, 0.3) is 0 Å². The van der Waals surface area contributed by atoms with E-state index < -0.39 is 22.3 Å². The molecule has 6 heteroatoms. The molecule has 0 aromatic heterocycles. The highest BCUT2D eigenvalue weighted by atomic mass is 35.5. The summed E-state index contributed by atoms with van der Waals surface area (Å²) in [5.74, 6) is -0.572. The third-order valence-corrected chi connectivity index (χ3v) is 3.61. The van der Waals surface area contributed by atoms with Gasteiger partial charge in [0.2, 0.25) is 0 Å². The molecular weight excluding hydrogens is 229 g/mol. The molecule has 14 heavy (non-hydrogen) atoms. The molecule has 0 aliphatic rings. The van der Waals surface area contributed by atoms with Gasteiger partial charge < -0.3 is 5.73 Å². The van der Waals surface area contributed by atoms with Crippen LogP contribution in [0.4, 0.5) is 10.1 Å². The summed E-state index contributed by atoms with van der Waals surface area (Å²) in [6.07, 6.45) is 0. The van der Waals surface area contributed by atoms with Crippen LogP contribution in [0, 0.1) is 0 Å². The second-order valence-electron chi connectivity index (χ2n) is 2.69. The van der Waals surface area contributed by atoms with E-state index in [4.69, 9.17) is 17.3 Å². The van der Waals surface area contributed by atoms with Gasteiger partial charge in [0, 0.05) is 5.02 Å². The molecule has 0 heterocycles. The average molecular weight is 238 g/mol. The molecule has 1 aromatic rings. The van der Waals surface area contributed by atoms with Crippen molar-refractivity contribution in [3.63, 3.8) is 0 Å². The molecule has 78 valence electrons. The molecule has 0 aliphatic carbocycles. The predicted octanol–water partition coefficient (Wildman–Crippen LogP) is 1.67. The van der Waals surface area contributed by atoms with E-state index in [1.807, 2.05) is 0 Å².